The number of nitrogens with zero attached hydrogens (tertiary/aromatic N) is 1. The first-order valence-corrected chi connectivity index (χ1v) is 24.9. The molecule has 0 saturated heterocycles. The topological polar surface area (TPSA) is 20.3 Å². The fourth-order valence-electron chi connectivity index (χ4n) is 11.3. The Kier molecular flexibility index (Phi) is 7.91. The molecule has 12 rings (SSSR count). The lowest BCUT2D eigenvalue weighted by Crippen LogP contribution is -2.81. The molecule has 1 aliphatic carbocycles. The molecule has 0 bridgehead atoms. The van der Waals surface area contributed by atoms with Crippen LogP contribution in [0.2, 0.25) is 0 Å². The van der Waals surface area contributed by atoms with Gasteiger partial charge in [0.1, 0.15) is 0 Å². The Bertz CT molecular complexity index is 3070. The van der Waals surface area contributed by atoms with E-state index in [9.17, 15) is 0 Å². The van der Waals surface area contributed by atoms with Crippen molar-refractivity contribution in [2.45, 2.75) is 19.3 Å². The van der Waals surface area contributed by atoms with Gasteiger partial charge in [0.2, 0.25) is 0 Å². The molecule has 4 heteroatoms. The Morgan fingerprint density at radius 3 is 1.34 bits per heavy atom. The van der Waals surface area contributed by atoms with Gasteiger partial charge in [0.05, 0.1) is 16.8 Å². The summed E-state index contributed by atoms with van der Waals surface area (Å²) in [5, 5.41) is 7.72. The first-order valence-electron chi connectivity index (χ1n) is 21.2. The molecule has 9 aromatic carbocycles. The maximum absolute atomic E-state index is 16.6. The van der Waals surface area contributed by atoms with Gasteiger partial charge in [-0.3, -0.25) is 0 Å². The first kappa shape index (κ1) is 36.1. The number of aryl methyl sites for hydroxylation is 2. The summed E-state index contributed by atoms with van der Waals surface area (Å²) in [7, 11) is -6.22. The minimum atomic E-state index is -3.35. The average molecular weight is 816 g/mol. The third-order valence-corrected chi connectivity index (χ3v) is 22.2. The average Bonchev–Trinajstić information content (AvgIpc) is 3.61. The molecule has 0 unspecified atom stereocenters. The predicted octanol–water partition coefficient (Wildman–Crippen LogP) is 9.78. The van der Waals surface area contributed by atoms with Gasteiger partial charge in [-0.25, -0.2) is 0 Å². The molecular formula is C57H42NOPSi. The normalized spacial score (nSPS) is 15.5. The molecule has 9 aromatic rings. The van der Waals surface area contributed by atoms with Crippen molar-refractivity contribution in [3.63, 3.8) is 0 Å². The van der Waals surface area contributed by atoms with Crippen molar-refractivity contribution in [1.82, 2.24) is 0 Å². The predicted molar refractivity (Wildman–Crippen MR) is 258 cm³/mol. The second-order valence-corrected chi connectivity index (χ2v) is 23.3. The maximum Gasteiger partial charge on any atom is 0.181 e. The summed E-state index contributed by atoms with van der Waals surface area (Å²) in [5.41, 5.74) is 13.1. The van der Waals surface area contributed by atoms with Gasteiger partial charge in [0, 0.05) is 21.6 Å². The molecule has 2 heterocycles. The molecule has 2 nitrogen and oxygen atoms in total. The quantitative estimate of drug-likeness (QED) is 0.130. The fourth-order valence-corrected chi connectivity index (χ4v) is 21.0. The zero-order valence-corrected chi connectivity index (χ0v) is 36.0. The third-order valence-electron chi connectivity index (χ3n) is 13.7. The zero-order valence-electron chi connectivity index (χ0n) is 34.1. The Balaban J connectivity index is 1.07. The highest BCUT2D eigenvalue weighted by molar-refractivity contribution is 7.87. The van der Waals surface area contributed by atoms with Crippen molar-refractivity contribution in [3.05, 3.63) is 252 Å². The highest BCUT2D eigenvalue weighted by atomic mass is 31.2. The Morgan fingerprint density at radius 1 is 0.426 bits per heavy atom. The van der Waals surface area contributed by atoms with Gasteiger partial charge in [-0.2, -0.15) is 0 Å². The molecular weight excluding hydrogens is 774 g/mol. The van der Waals surface area contributed by atoms with Crippen molar-refractivity contribution in [3.8, 4) is 11.1 Å². The molecule has 0 amide bonds. The van der Waals surface area contributed by atoms with Crippen molar-refractivity contribution in [1.29, 1.82) is 0 Å². The minimum Gasteiger partial charge on any atom is -0.310 e. The summed E-state index contributed by atoms with van der Waals surface area (Å²) in [4.78, 5) is 2.43. The number of rotatable bonds is 4. The first-order chi connectivity index (χ1) is 30.0. The number of anilines is 3. The van der Waals surface area contributed by atoms with Crippen LogP contribution in [0.3, 0.4) is 0 Å². The van der Waals surface area contributed by atoms with Crippen LogP contribution in [-0.4, -0.2) is 8.07 Å². The molecule has 0 saturated carbocycles. The lowest BCUT2D eigenvalue weighted by atomic mass is 9.64. The van der Waals surface area contributed by atoms with E-state index in [0.717, 1.165) is 33.0 Å². The second kappa shape index (κ2) is 13.4. The number of hydrogen-bond acceptors (Lipinski definition) is 2. The van der Waals surface area contributed by atoms with Crippen LogP contribution in [0.1, 0.15) is 33.4 Å². The summed E-state index contributed by atoms with van der Waals surface area (Å²) in [5.74, 6) is 0. The van der Waals surface area contributed by atoms with Gasteiger partial charge in [0.15, 0.2) is 15.2 Å². The second-order valence-electron chi connectivity index (χ2n) is 16.9. The smallest absolute Gasteiger partial charge is 0.181 e. The van der Waals surface area contributed by atoms with Crippen LogP contribution in [0, 0.1) is 13.8 Å². The summed E-state index contributed by atoms with van der Waals surface area (Å²) in [6, 6.07) is 79.7. The summed E-state index contributed by atoms with van der Waals surface area (Å²) in [6.45, 7) is 4.41. The summed E-state index contributed by atoms with van der Waals surface area (Å²) < 4.78 is 16.6. The Labute approximate surface area is 358 Å². The molecule has 1 spiro atoms. The molecule has 290 valence electrons. The van der Waals surface area contributed by atoms with Gasteiger partial charge >= 0.3 is 0 Å². The van der Waals surface area contributed by atoms with E-state index in [-0.39, 0.29) is 0 Å². The molecule has 0 N–H and O–H groups in total. The molecule has 0 atom stereocenters. The number of hydrogen-bond donors (Lipinski definition) is 0. The van der Waals surface area contributed by atoms with E-state index in [1.165, 1.54) is 65.3 Å². The molecule has 0 fully saturated rings. The van der Waals surface area contributed by atoms with E-state index in [0.29, 0.717) is 0 Å². The lowest BCUT2D eigenvalue weighted by Gasteiger charge is -2.45. The lowest BCUT2D eigenvalue weighted by molar-refractivity contribution is 0.592. The van der Waals surface area contributed by atoms with Crippen LogP contribution in [-0.2, 0) is 9.98 Å². The van der Waals surface area contributed by atoms with Crippen molar-refractivity contribution < 1.29 is 4.57 Å². The largest absolute Gasteiger partial charge is 0.310 e. The van der Waals surface area contributed by atoms with Crippen LogP contribution in [0.4, 0.5) is 17.1 Å². The van der Waals surface area contributed by atoms with E-state index < -0.39 is 20.6 Å². The number of fused-ring (bicyclic) bond motifs is 11. The van der Waals surface area contributed by atoms with Crippen molar-refractivity contribution >= 4 is 68.9 Å². The number of benzene rings is 9. The highest BCUT2D eigenvalue weighted by Crippen LogP contribution is 2.63. The molecule has 0 radical (unpaired) electrons. The van der Waals surface area contributed by atoms with Gasteiger partial charge in [-0.15, -0.1) is 0 Å². The van der Waals surface area contributed by atoms with Gasteiger partial charge < -0.3 is 9.46 Å². The van der Waals surface area contributed by atoms with Crippen LogP contribution < -0.4 is 41.6 Å². The van der Waals surface area contributed by atoms with Crippen molar-refractivity contribution in [2.75, 3.05) is 4.90 Å². The molecule has 2 aliphatic heterocycles. The van der Waals surface area contributed by atoms with Crippen molar-refractivity contribution in [2.24, 2.45) is 0 Å². The molecule has 3 aliphatic rings. The van der Waals surface area contributed by atoms with E-state index in [4.69, 9.17) is 0 Å². The van der Waals surface area contributed by atoms with E-state index in [1.807, 2.05) is 0 Å². The minimum absolute atomic E-state index is 0.486. The van der Waals surface area contributed by atoms with Crippen LogP contribution >= 0.6 is 7.14 Å². The summed E-state index contributed by atoms with van der Waals surface area (Å²) >= 11 is 0. The van der Waals surface area contributed by atoms with Gasteiger partial charge in [-0.1, -0.05) is 193 Å². The Morgan fingerprint density at radius 2 is 0.852 bits per heavy atom. The third kappa shape index (κ3) is 4.76. The summed E-state index contributed by atoms with van der Waals surface area (Å²) in [6.07, 6.45) is 0. The van der Waals surface area contributed by atoms with E-state index in [2.05, 4.69) is 237 Å². The standard InChI is InChI=1S/C57H42NOPSi/c1-39-29-35-51-49(37-39)57(47-23-11-9-21-45(47)46-22-10-12-24-48(46)57)50-38-40(2)30-36-52(50)58(51)41-31-33-42(34-32-41)60(59)53-25-13-15-27-55(53)61(43-17-5-3-6-18-43,44-19-7-4-8-20-44)56-28-16-14-26-54(56)60/h3-38H,1-2H3. The van der Waals surface area contributed by atoms with E-state index in [1.54, 1.807) is 0 Å². The zero-order chi connectivity index (χ0) is 40.9. The van der Waals surface area contributed by atoms with Gasteiger partial charge in [-0.05, 0) is 104 Å². The van der Waals surface area contributed by atoms with E-state index >= 15 is 4.57 Å². The Hall–Kier alpha value is -6.77. The van der Waals surface area contributed by atoms with Crippen LogP contribution in [0.15, 0.2) is 218 Å². The molecule has 61 heavy (non-hydrogen) atoms. The van der Waals surface area contributed by atoms with Crippen LogP contribution in [0.25, 0.3) is 11.1 Å². The fraction of sp³-hybridized carbons (Fsp3) is 0.0526. The monoisotopic (exact) mass is 815 g/mol. The SMILES string of the molecule is Cc1ccc2c(c1)C1(c3ccccc3-c3ccccc31)c1cc(C)ccc1N2c1ccc(P2(=O)c3ccccc3[Si](c3ccccc3)(c3ccccc3)c3ccccc32)cc1. The van der Waals surface area contributed by atoms with Crippen LogP contribution in [0.5, 0.6) is 0 Å². The van der Waals surface area contributed by atoms with Gasteiger partial charge in [0.25, 0.3) is 0 Å². The maximum atomic E-state index is 16.6. The highest BCUT2D eigenvalue weighted by Gasteiger charge is 2.54. The molecule has 0 aromatic heterocycles.